The van der Waals surface area contributed by atoms with Crippen LogP contribution in [0.3, 0.4) is 0 Å². The van der Waals surface area contributed by atoms with Crippen LogP contribution < -0.4 is 10.1 Å². The van der Waals surface area contributed by atoms with E-state index in [0.717, 1.165) is 31.5 Å². The van der Waals surface area contributed by atoms with Crippen LogP contribution in [0, 0.1) is 10.1 Å². The van der Waals surface area contributed by atoms with Crippen molar-refractivity contribution in [2.24, 2.45) is 0 Å². The van der Waals surface area contributed by atoms with Gasteiger partial charge in [0.2, 0.25) is 0 Å². The smallest absolute Gasteiger partial charge is 0.416 e. The molecule has 2 aromatic rings. The Kier molecular flexibility index (Phi) is 4.63. The first-order valence-corrected chi connectivity index (χ1v) is 7.71. The summed E-state index contributed by atoms with van der Waals surface area (Å²) in [6, 6.07) is 8.50. The first-order valence-electron chi connectivity index (χ1n) is 7.71. The van der Waals surface area contributed by atoms with Crippen LogP contribution in [-0.2, 0) is 6.18 Å². The van der Waals surface area contributed by atoms with Crippen LogP contribution in [-0.4, -0.2) is 11.5 Å². The highest BCUT2D eigenvalue weighted by Gasteiger charge is 2.30. The van der Waals surface area contributed by atoms with Gasteiger partial charge in [0.1, 0.15) is 11.5 Å². The van der Waals surface area contributed by atoms with Crippen molar-refractivity contribution < 1.29 is 22.8 Å². The average Bonchev–Trinajstić information content (AvgIpc) is 3.09. The molecule has 1 atom stereocenters. The number of halogens is 3. The largest absolute Gasteiger partial charge is 0.457 e. The van der Waals surface area contributed by atoms with E-state index in [2.05, 4.69) is 5.32 Å². The lowest BCUT2D eigenvalue weighted by molar-refractivity contribution is -0.385. The van der Waals surface area contributed by atoms with Crippen LogP contribution in [0.4, 0.5) is 18.9 Å². The molecular formula is C17H15F3N2O3. The van der Waals surface area contributed by atoms with Crippen molar-refractivity contribution in [3.8, 4) is 11.5 Å². The van der Waals surface area contributed by atoms with E-state index in [1.165, 1.54) is 30.3 Å². The number of benzene rings is 2. The minimum atomic E-state index is -4.41. The van der Waals surface area contributed by atoms with E-state index >= 15 is 0 Å². The summed E-state index contributed by atoms with van der Waals surface area (Å²) in [7, 11) is 0. The van der Waals surface area contributed by atoms with E-state index < -0.39 is 16.7 Å². The number of ether oxygens (including phenoxy) is 1. The van der Waals surface area contributed by atoms with Crippen LogP contribution in [0.15, 0.2) is 42.5 Å². The van der Waals surface area contributed by atoms with Crippen LogP contribution >= 0.6 is 0 Å². The zero-order valence-corrected chi connectivity index (χ0v) is 13.0. The Labute approximate surface area is 141 Å². The molecular weight excluding hydrogens is 337 g/mol. The van der Waals surface area contributed by atoms with Gasteiger partial charge in [-0.1, -0.05) is 0 Å². The highest BCUT2D eigenvalue weighted by molar-refractivity contribution is 5.47. The normalized spacial score (nSPS) is 17.5. The van der Waals surface area contributed by atoms with Crippen molar-refractivity contribution in [3.63, 3.8) is 0 Å². The fourth-order valence-corrected chi connectivity index (χ4v) is 2.80. The summed E-state index contributed by atoms with van der Waals surface area (Å²) in [5, 5.41) is 14.2. The molecule has 0 bridgehead atoms. The summed E-state index contributed by atoms with van der Waals surface area (Å²) in [5.41, 5.74) is -0.184. The standard InChI is InChI=1S/C17H15F3N2O3/c18-17(19,20)11-3-6-13(7-4-11)25-16-8-5-12(22(23)24)10-14(16)15-2-1-9-21-15/h3-8,10,15,21H,1-2,9H2. The Balaban J connectivity index is 1.89. The summed E-state index contributed by atoms with van der Waals surface area (Å²) in [4.78, 5) is 10.5. The number of alkyl halides is 3. The van der Waals surface area contributed by atoms with Gasteiger partial charge < -0.3 is 10.1 Å². The zero-order chi connectivity index (χ0) is 18.0. The third-order valence-electron chi connectivity index (χ3n) is 4.05. The second kappa shape index (κ2) is 6.72. The molecule has 2 aromatic carbocycles. The first kappa shape index (κ1) is 17.2. The Morgan fingerprint density at radius 3 is 2.44 bits per heavy atom. The monoisotopic (exact) mass is 352 g/mol. The van der Waals surface area contributed by atoms with E-state index in [-0.39, 0.29) is 17.5 Å². The van der Waals surface area contributed by atoms with Gasteiger partial charge in [0.25, 0.3) is 5.69 Å². The Morgan fingerprint density at radius 2 is 1.88 bits per heavy atom. The fraction of sp³-hybridized carbons (Fsp3) is 0.294. The summed E-state index contributed by atoms with van der Waals surface area (Å²) in [6.07, 6.45) is -2.66. The lowest BCUT2D eigenvalue weighted by atomic mass is 10.0. The van der Waals surface area contributed by atoms with Crippen molar-refractivity contribution in [2.75, 3.05) is 6.54 Å². The number of nitro groups is 1. The predicted molar refractivity (Wildman–Crippen MR) is 84.6 cm³/mol. The Morgan fingerprint density at radius 1 is 1.16 bits per heavy atom. The van der Waals surface area contributed by atoms with Crippen molar-refractivity contribution in [1.82, 2.24) is 5.32 Å². The molecule has 1 saturated heterocycles. The molecule has 1 fully saturated rings. The Hall–Kier alpha value is -2.61. The molecule has 25 heavy (non-hydrogen) atoms. The van der Waals surface area contributed by atoms with E-state index in [9.17, 15) is 23.3 Å². The number of non-ortho nitro benzene ring substituents is 1. The minimum absolute atomic E-state index is 0.0523. The second-order valence-corrected chi connectivity index (χ2v) is 5.75. The molecule has 0 spiro atoms. The number of nitrogens with zero attached hydrogens (tertiary/aromatic N) is 1. The Bertz CT molecular complexity index is 770. The molecule has 5 nitrogen and oxygen atoms in total. The molecule has 0 aromatic heterocycles. The number of rotatable bonds is 4. The van der Waals surface area contributed by atoms with Crippen molar-refractivity contribution in [3.05, 3.63) is 63.7 Å². The van der Waals surface area contributed by atoms with Gasteiger partial charge in [0.15, 0.2) is 0 Å². The molecule has 0 saturated carbocycles. The molecule has 0 radical (unpaired) electrons. The zero-order valence-electron chi connectivity index (χ0n) is 13.0. The van der Waals surface area contributed by atoms with Crippen molar-refractivity contribution >= 4 is 5.69 Å². The fourth-order valence-electron chi connectivity index (χ4n) is 2.80. The SMILES string of the molecule is O=[N+]([O-])c1ccc(Oc2ccc(C(F)(F)F)cc2)c(C2CCCN2)c1. The van der Waals surface area contributed by atoms with Gasteiger partial charge in [0.05, 0.1) is 10.5 Å². The first-order chi connectivity index (χ1) is 11.8. The summed E-state index contributed by atoms with van der Waals surface area (Å²) >= 11 is 0. The number of hydrogen-bond donors (Lipinski definition) is 1. The maximum atomic E-state index is 12.6. The third-order valence-corrected chi connectivity index (χ3v) is 4.05. The molecule has 0 amide bonds. The summed E-state index contributed by atoms with van der Waals surface area (Å²) in [5.74, 6) is 0.630. The van der Waals surface area contributed by atoms with Crippen LogP contribution in [0.5, 0.6) is 11.5 Å². The number of nitro benzene ring substituents is 1. The van der Waals surface area contributed by atoms with Crippen LogP contribution in [0.1, 0.15) is 30.0 Å². The van der Waals surface area contributed by atoms with Crippen molar-refractivity contribution in [2.45, 2.75) is 25.1 Å². The lowest BCUT2D eigenvalue weighted by Gasteiger charge is -2.16. The van der Waals surface area contributed by atoms with Gasteiger partial charge in [-0.2, -0.15) is 13.2 Å². The highest BCUT2D eigenvalue weighted by Crippen LogP contribution is 2.37. The van der Waals surface area contributed by atoms with Gasteiger partial charge in [-0.3, -0.25) is 10.1 Å². The second-order valence-electron chi connectivity index (χ2n) is 5.75. The minimum Gasteiger partial charge on any atom is -0.457 e. The number of hydrogen-bond acceptors (Lipinski definition) is 4. The topological polar surface area (TPSA) is 64.4 Å². The molecule has 132 valence electrons. The van der Waals surface area contributed by atoms with Gasteiger partial charge in [-0.25, -0.2) is 0 Å². The average molecular weight is 352 g/mol. The maximum absolute atomic E-state index is 12.6. The molecule has 1 N–H and O–H groups in total. The van der Waals surface area contributed by atoms with Crippen LogP contribution in [0.2, 0.25) is 0 Å². The molecule has 3 rings (SSSR count). The van der Waals surface area contributed by atoms with Gasteiger partial charge in [0, 0.05) is 23.7 Å². The molecule has 8 heteroatoms. The molecule has 1 aliphatic heterocycles. The maximum Gasteiger partial charge on any atom is 0.416 e. The summed E-state index contributed by atoms with van der Waals surface area (Å²) < 4.78 is 43.6. The summed E-state index contributed by atoms with van der Waals surface area (Å²) in [6.45, 7) is 0.799. The van der Waals surface area contributed by atoms with Gasteiger partial charge in [-0.15, -0.1) is 0 Å². The van der Waals surface area contributed by atoms with E-state index in [0.29, 0.717) is 11.3 Å². The lowest BCUT2D eigenvalue weighted by Crippen LogP contribution is -2.14. The highest BCUT2D eigenvalue weighted by atomic mass is 19.4. The van der Waals surface area contributed by atoms with E-state index in [4.69, 9.17) is 4.74 Å². The quantitative estimate of drug-likeness (QED) is 0.632. The van der Waals surface area contributed by atoms with E-state index in [1.54, 1.807) is 0 Å². The molecule has 0 aliphatic carbocycles. The molecule has 1 heterocycles. The predicted octanol–water partition coefficient (Wildman–Crippen LogP) is 4.83. The number of nitrogens with one attached hydrogen (secondary N) is 1. The third kappa shape index (κ3) is 3.90. The molecule has 1 aliphatic rings. The van der Waals surface area contributed by atoms with E-state index in [1.807, 2.05) is 0 Å². The van der Waals surface area contributed by atoms with Gasteiger partial charge >= 0.3 is 6.18 Å². The van der Waals surface area contributed by atoms with Crippen molar-refractivity contribution in [1.29, 1.82) is 0 Å². The van der Waals surface area contributed by atoms with Gasteiger partial charge in [-0.05, 0) is 49.7 Å². The van der Waals surface area contributed by atoms with Crippen LogP contribution in [0.25, 0.3) is 0 Å². The molecule has 1 unspecified atom stereocenters.